The minimum absolute atomic E-state index is 0.233. The second-order valence-electron chi connectivity index (χ2n) is 6.93. The number of thiophene rings is 1. The number of aryl methyl sites for hydroxylation is 1. The number of hydrogen-bond acceptors (Lipinski definition) is 3. The summed E-state index contributed by atoms with van der Waals surface area (Å²) in [7, 11) is 0. The van der Waals surface area contributed by atoms with Crippen molar-refractivity contribution in [2.75, 3.05) is 0 Å². The lowest BCUT2D eigenvalue weighted by Gasteiger charge is -2.01. The summed E-state index contributed by atoms with van der Waals surface area (Å²) in [5, 5.41) is 8.58. The van der Waals surface area contributed by atoms with Gasteiger partial charge in [0.25, 0.3) is 0 Å². The van der Waals surface area contributed by atoms with Crippen LogP contribution in [0.5, 0.6) is 0 Å². The minimum Gasteiger partial charge on any atom is -0.481 e. The van der Waals surface area contributed by atoms with Crippen molar-refractivity contribution in [3.8, 4) is 0 Å². The van der Waals surface area contributed by atoms with Gasteiger partial charge in [0, 0.05) is 22.6 Å². The van der Waals surface area contributed by atoms with Gasteiger partial charge in [-0.15, -0.1) is 11.3 Å². The standard InChI is InChI=1S/C22H34O3S/c1-2-3-9-12-19(23)15-16-21-18-17-20(26-21)13-10-7-5-4-6-8-11-14-22(24)25/h15-18H,2-14H2,1H3,(H,24,25). The highest BCUT2D eigenvalue weighted by Gasteiger charge is 2.01. The fourth-order valence-corrected chi connectivity index (χ4v) is 3.84. The summed E-state index contributed by atoms with van der Waals surface area (Å²) in [5.41, 5.74) is 0. The van der Waals surface area contributed by atoms with Crippen LogP contribution in [-0.4, -0.2) is 16.9 Å². The molecule has 0 aromatic carbocycles. The van der Waals surface area contributed by atoms with Crippen LogP contribution in [0.4, 0.5) is 0 Å². The van der Waals surface area contributed by atoms with E-state index in [4.69, 9.17) is 5.11 Å². The molecule has 1 heterocycles. The highest BCUT2D eigenvalue weighted by Crippen LogP contribution is 2.21. The number of allylic oxidation sites excluding steroid dienone is 1. The lowest BCUT2D eigenvalue weighted by molar-refractivity contribution is -0.137. The summed E-state index contributed by atoms with van der Waals surface area (Å²) in [4.78, 5) is 24.7. The maximum Gasteiger partial charge on any atom is 0.303 e. The first-order valence-electron chi connectivity index (χ1n) is 10.1. The summed E-state index contributed by atoms with van der Waals surface area (Å²) in [6, 6.07) is 4.29. The topological polar surface area (TPSA) is 54.4 Å². The third-order valence-corrected chi connectivity index (χ3v) is 5.57. The number of aliphatic carboxylic acids is 1. The van der Waals surface area contributed by atoms with E-state index < -0.39 is 5.97 Å². The molecule has 0 aliphatic rings. The van der Waals surface area contributed by atoms with E-state index in [0.29, 0.717) is 12.8 Å². The predicted molar refractivity (Wildman–Crippen MR) is 111 cm³/mol. The molecule has 1 aromatic heterocycles. The van der Waals surface area contributed by atoms with E-state index in [-0.39, 0.29) is 5.78 Å². The maximum absolute atomic E-state index is 11.8. The van der Waals surface area contributed by atoms with E-state index in [1.54, 1.807) is 17.4 Å². The first-order chi connectivity index (χ1) is 12.6. The Hall–Kier alpha value is -1.42. The number of hydrogen-bond donors (Lipinski definition) is 1. The number of carboxylic acids is 1. The van der Waals surface area contributed by atoms with Crippen molar-refractivity contribution in [1.82, 2.24) is 0 Å². The summed E-state index contributed by atoms with van der Waals surface area (Å²) in [6.07, 6.45) is 16.9. The number of carboxylic acid groups (broad SMARTS) is 1. The summed E-state index contributed by atoms with van der Waals surface area (Å²) in [5.74, 6) is -0.451. The molecule has 0 amide bonds. The van der Waals surface area contributed by atoms with E-state index >= 15 is 0 Å². The van der Waals surface area contributed by atoms with Crippen LogP contribution in [0.3, 0.4) is 0 Å². The van der Waals surface area contributed by atoms with Crippen molar-refractivity contribution in [2.24, 2.45) is 0 Å². The summed E-state index contributed by atoms with van der Waals surface area (Å²) in [6.45, 7) is 2.15. The molecule has 0 saturated heterocycles. The van der Waals surface area contributed by atoms with Crippen LogP contribution in [0.1, 0.15) is 93.7 Å². The molecular formula is C22H34O3S. The smallest absolute Gasteiger partial charge is 0.303 e. The molecule has 0 aliphatic heterocycles. The molecule has 146 valence electrons. The predicted octanol–water partition coefficient (Wildman–Crippen LogP) is 6.66. The van der Waals surface area contributed by atoms with Gasteiger partial charge in [0.15, 0.2) is 5.78 Å². The molecular weight excluding hydrogens is 344 g/mol. The number of carbonyl (C=O) groups excluding carboxylic acids is 1. The van der Waals surface area contributed by atoms with Crippen LogP contribution >= 0.6 is 11.3 Å². The number of rotatable bonds is 16. The van der Waals surface area contributed by atoms with Gasteiger partial charge < -0.3 is 5.11 Å². The van der Waals surface area contributed by atoms with Crippen LogP contribution in [0.2, 0.25) is 0 Å². The van der Waals surface area contributed by atoms with Gasteiger partial charge in [0.2, 0.25) is 0 Å². The number of unbranched alkanes of at least 4 members (excludes halogenated alkanes) is 8. The van der Waals surface area contributed by atoms with E-state index in [0.717, 1.165) is 44.9 Å². The minimum atomic E-state index is -0.684. The Morgan fingerprint density at radius 1 is 0.923 bits per heavy atom. The van der Waals surface area contributed by atoms with Crippen LogP contribution in [0.25, 0.3) is 6.08 Å². The van der Waals surface area contributed by atoms with Gasteiger partial charge >= 0.3 is 5.97 Å². The average molecular weight is 379 g/mol. The van der Waals surface area contributed by atoms with Crippen LogP contribution in [-0.2, 0) is 16.0 Å². The molecule has 0 atom stereocenters. The fourth-order valence-electron chi connectivity index (χ4n) is 2.89. The van der Waals surface area contributed by atoms with E-state index in [2.05, 4.69) is 19.1 Å². The zero-order valence-corrected chi connectivity index (χ0v) is 17.0. The van der Waals surface area contributed by atoms with Crippen molar-refractivity contribution < 1.29 is 14.7 Å². The largest absolute Gasteiger partial charge is 0.481 e. The quantitative estimate of drug-likeness (QED) is 0.258. The van der Waals surface area contributed by atoms with Crippen molar-refractivity contribution in [3.05, 3.63) is 28.0 Å². The van der Waals surface area contributed by atoms with Crippen molar-refractivity contribution in [3.63, 3.8) is 0 Å². The van der Waals surface area contributed by atoms with Gasteiger partial charge in [-0.05, 0) is 50.0 Å². The first-order valence-corrected chi connectivity index (χ1v) is 10.9. The second kappa shape index (κ2) is 14.7. The third-order valence-electron chi connectivity index (χ3n) is 4.46. The first kappa shape index (κ1) is 22.6. The molecule has 0 bridgehead atoms. The van der Waals surface area contributed by atoms with Gasteiger partial charge in [-0.1, -0.05) is 51.9 Å². The van der Waals surface area contributed by atoms with E-state index in [1.807, 2.05) is 6.08 Å². The molecule has 0 aliphatic carbocycles. The highest BCUT2D eigenvalue weighted by molar-refractivity contribution is 7.12. The molecule has 26 heavy (non-hydrogen) atoms. The number of ketones is 1. The van der Waals surface area contributed by atoms with Gasteiger partial charge in [0.1, 0.15) is 0 Å². The van der Waals surface area contributed by atoms with Crippen LogP contribution in [0, 0.1) is 0 Å². The lowest BCUT2D eigenvalue weighted by Crippen LogP contribution is -1.93. The number of carbonyl (C=O) groups is 2. The van der Waals surface area contributed by atoms with E-state index in [1.165, 1.54) is 35.4 Å². The molecule has 0 spiro atoms. The van der Waals surface area contributed by atoms with Crippen LogP contribution in [0.15, 0.2) is 18.2 Å². The average Bonchev–Trinajstić information content (AvgIpc) is 3.06. The van der Waals surface area contributed by atoms with Crippen LogP contribution < -0.4 is 0 Å². The molecule has 0 saturated carbocycles. The Bertz CT molecular complexity index is 545. The fraction of sp³-hybridized carbons (Fsp3) is 0.636. The van der Waals surface area contributed by atoms with Crippen molar-refractivity contribution in [2.45, 2.75) is 90.4 Å². The Balaban J connectivity index is 2.08. The van der Waals surface area contributed by atoms with Gasteiger partial charge in [-0.25, -0.2) is 0 Å². The summed E-state index contributed by atoms with van der Waals surface area (Å²) >= 11 is 1.79. The van der Waals surface area contributed by atoms with Gasteiger partial charge in [0.05, 0.1) is 0 Å². The Morgan fingerprint density at radius 3 is 2.27 bits per heavy atom. The molecule has 0 fully saturated rings. The van der Waals surface area contributed by atoms with Crippen molar-refractivity contribution >= 4 is 29.2 Å². The Labute approximate surface area is 162 Å². The maximum atomic E-state index is 11.8. The normalized spacial score (nSPS) is 11.3. The lowest BCUT2D eigenvalue weighted by atomic mass is 10.1. The molecule has 1 N–H and O–H groups in total. The molecule has 0 unspecified atom stereocenters. The Kier molecular flexibility index (Phi) is 12.8. The zero-order valence-electron chi connectivity index (χ0n) is 16.2. The SMILES string of the molecule is CCCCCC(=O)C=Cc1ccc(CCCCCCCCCC(=O)O)s1. The van der Waals surface area contributed by atoms with E-state index in [9.17, 15) is 9.59 Å². The molecule has 1 rings (SSSR count). The molecule has 1 aromatic rings. The van der Waals surface area contributed by atoms with Gasteiger partial charge in [-0.2, -0.15) is 0 Å². The Morgan fingerprint density at radius 2 is 1.58 bits per heavy atom. The van der Waals surface area contributed by atoms with Crippen molar-refractivity contribution in [1.29, 1.82) is 0 Å². The molecule has 3 nitrogen and oxygen atoms in total. The highest BCUT2D eigenvalue weighted by atomic mass is 32.1. The molecule has 0 radical (unpaired) electrons. The summed E-state index contributed by atoms with van der Waals surface area (Å²) < 4.78 is 0. The third kappa shape index (κ3) is 12.0. The van der Waals surface area contributed by atoms with Gasteiger partial charge in [-0.3, -0.25) is 9.59 Å². The second-order valence-corrected chi connectivity index (χ2v) is 8.13. The molecule has 4 heteroatoms. The monoisotopic (exact) mass is 378 g/mol. The zero-order chi connectivity index (χ0) is 19.0.